The molecule has 3 N–H and O–H groups in total. The molecule has 0 aromatic heterocycles. The van der Waals surface area contributed by atoms with Crippen LogP contribution in [0.5, 0.6) is 5.75 Å². The maximum atomic E-state index is 5.67. The SMILES string of the molecule is Cc1cc(C)cc(OC(C)CNN)c1. The molecular weight excluding hydrogens is 176 g/mol. The van der Waals surface area contributed by atoms with Crippen LogP contribution in [0.2, 0.25) is 0 Å². The topological polar surface area (TPSA) is 47.3 Å². The molecule has 1 rings (SSSR count). The molecule has 78 valence electrons. The number of aryl methyl sites for hydroxylation is 2. The van der Waals surface area contributed by atoms with Gasteiger partial charge in [0, 0.05) is 6.54 Å². The number of benzene rings is 1. The van der Waals surface area contributed by atoms with Gasteiger partial charge in [-0.3, -0.25) is 11.3 Å². The summed E-state index contributed by atoms with van der Waals surface area (Å²) in [4.78, 5) is 0. The van der Waals surface area contributed by atoms with Crippen molar-refractivity contribution in [3.8, 4) is 5.75 Å². The average Bonchev–Trinajstić information content (AvgIpc) is 2.01. The van der Waals surface area contributed by atoms with Crippen molar-refractivity contribution in [3.05, 3.63) is 29.3 Å². The van der Waals surface area contributed by atoms with Gasteiger partial charge in [0.05, 0.1) is 0 Å². The van der Waals surface area contributed by atoms with E-state index in [-0.39, 0.29) is 6.10 Å². The van der Waals surface area contributed by atoms with Crippen LogP contribution in [0.1, 0.15) is 18.1 Å². The number of nitrogens with one attached hydrogen (secondary N) is 1. The molecule has 0 radical (unpaired) electrons. The summed E-state index contributed by atoms with van der Waals surface area (Å²) in [6, 6.07) is 6.18. The van der Waals surface area contributed by atoms with Crippen molar-refractivity contribution in [1.29, 1.82) is 0 Å². The minimum atomic E-state index is 0.0844. The summed E-state index contributed by atoms with van der Waals surface area (Å²) < 4.78 is 5.67. The number of rotatable bonds is 4. The molecule has 1 unspecified atom stereocenters. The summed E-state index contributed by atoms with van der Waals surface area (Å²) in [5.41, 5.74) is 5.02. The number of hydrogen-bond acceptors (Lipinski definition) is 3. The third-order valence-electron chi connectivity index (χ3n) is 1.94. The summed E-state index contributed by atoms with van der Waals surface area (Å²) >= 11 is 0. The van der Waals surface area contributed by atoms with Gasteiger partial charge in [0.15, 0.2) is 0 Å². The Balaban J connectivity index is 2.66. The highest BCUT2D eigenvalue weighted by Crippen LogP contribution is 2.17. The Kier molecular flexibility index (Phi) is 3.92. The van der Waals surface area contributed by atoms with E-state index in [9.17, 15) is 0 Å². The molecule has 0 amide bonds. The lowest BCUT2D eigenvalue weighted by Gasteiger charge is -2.14. The zero-order valence-electron chi connectivity index (χ0n) is 9.00. The van der Waals surface area contributed by atoms with Crippen molar-refractivity contribution in [2.45, 2.75) is 26.9 Å². The van der Waals surface area contributed by atoms with Crippen molar-refractivity contribution in [2.24, 2.45) is 5.84 Å². The van der Waals surface area contributed by atoms with Crippen molar-refractivity contribution >= 4 is 0 Å². The molecule has 0 spiro atoms. The molecule has 3 nitrogen and oxygen atoms in total. The predicted octanol–water partition coefficient (Wildman–Crippen LogP) is 1.53. The van der Waals surface area contributed by atoms with E-state index in [1.807, 2.05) is 19.1 Å². The summed E-state index contributed by atoms with van der Waals surface area (Å²) in [7, 11) is 0. The molecule has 0 saturated heterocycles. The number of hydrazine groups is 1. The molecule has 1 atom stereocenters. The van der Waals surface area contributed by atoms with Gasteiger partial charge < -0.3 is 4.74 Å². The largest absolute Gasteiger partial charge is 0.489 e. The number of nitrogens with two attached hydrogens (primary N) is 1. The Morgan fingerprint density at radius 1 is 1.29 bits per heavy atom. The van der Waals surface area contributed by atoms with Crippen LogP contribution in [0.25, 0.3) is 0 Å². The van der Waals surface area contributed by atoms with Gasteiger partial charge in [0.2, 0.25) is 0 Å². The molecule has 14 heavy (non-hydrogen) atoms. The lowest BCUT2D eigenvalue weighted by Crippen LogP contribution is -2.33. The van der Waals surface area contributed by atoms with Crippen molar-refractivity contribution < 1.29 is 4.74 Å². The van der Waals surface area contributed by atoms with Crippen LogP contribution in [-0.4, -0.2) is 12.6 Å². The van der Waals surface area contributed by atoms with Crippen molar-refractivity contribution in [1.82, 2.24) is 5.43 Å². The van der Waals surface area contributed by atoms with Crippen LogP contribution < -0.4 is 16.0 Å². The highest BCUT2D eigenvalue weighted by molar-refractivity contribution is 5.33. The monoisotopic (exact) mass is 194 g/mol. The Bertz CT molecular complexity index is 279. The third kappa shape index (κ3) is 3.36. The zero-order valence-corrected chi connectivity index (χ0v) is 9.00. The molecule has 0 aliphatic heterocycles. The first-order valence-corrected chi connectivity index (χ1v) is 4.80. The first-order chi connectivity index (χ1) is 6.61. The van der Waals surface area contributed by atoms with Crippen LogP contribution in [0.3, 0.4) is 0 Å². The minimum absolute atomic E-state index is 0.0844. The highest BCUT2D eigenvalue weighted by atomic mass is 16.5. The van der Waals surface area contributed by atoms with Crippen molar-refractivity contribution in [2.75, 3.05) is 6.54 Å². The van der Waals surface area contributed by atoms with Crippen LogP contribution >= 0.6 is 0 Å². The number of hydrogen-bond donors (Lipinski definition) is 2. The van der Waals surface area contributed by atoms with Gasteiger partial charge in [0.1, 0.15) is 11.9 Å². The van der Waals surface area contributed by atoms with Crippen LogP contribution in [0.15, 0.2) is 18.2 Å². The second-order valence-electron chi connectivity index (χ2n) is 3.66. The molecule has 0 aliphatic carbocycles. The highest BCUT2D eigenvalue weighted by Gasteiger charge is 2.03. The molecule has 3 heteroatoms. The van der Waals surface area contributed by atoms with E-state index in [4.69, 9.17) is 10.6 Å². The van der Waals surface area contributed by atoms with Crippen LogP contribution in [-0.2, 0) is 0 Å². The fourth-order valence-corrected chi connectivity index (χ4v) is 1.44. The van der Waals surface area contributed by atoms with E-state index >= 15 is 0 Å². The third-order valence-corrected chi connectivity index (χ3v) is 1.94. The van der Waals surface area contributed by atoms with E-state index in [1.165, 1.54) is 11.1 Å². The molecule has 0 heterocycles. The summed E-state index contributed by atoms with van der Waals surface area (Å²) in [6.45, 7) is 6.75. The molecule has 1 aromatic carbocycles. The van der Waals surface area contributed by atoms with E-state index < -0.39 is 0 Å². The molecule has 1 aromatic rings. The molecular formula is C11H18N2O. The van der Waals surface area contributed by atoms with Gasteiger partial charge in [-0.2, -0.15) is 0 Å². The van der Waals surface area contributed by atoms with E-state index in [0.29, 0.717) is 6.54 Å². The van der Waals surface area contributed by atoms with Crippen LogP contribution in [0.4, 0.5) is 0 Å². The smallest absolute Gasteiger partial charge is 0.120 e. The van der Waals surface area contributed by atoms with E-state index in [2.05, 4.69) is 25.3 Å². The zero-order chi connectivity index (χ0) is 10.6. The normalized spacial score (nSPS) is 12.6. The van der Waals surface area contributed by atoms with E-state index in [0.717, 1.165) is 5.75 Å². The summed E-state index contributed by atoms with van der Waals surface area (Å²) in [5.74, 6) is 6.12. The first-order valence-electron chi connectivity index (χ1n) is 4.80. The fraction of sp³-hybridized carbons (Fsp3) is 0.455. The Labute approximate surface area is 85.2 Å². The average molecular weight is 194 g/mol. The predicted molar refractivity (Wildman–Crippen MR) is 58.2 cm³/mol. The quantitative estimate of drug-likeness (QED) is 0.564. The minimum Gasteiger partial charge on any atom is -0.489 e. The summed E-state index contributed by atoms with van der Waals surface area (Å²) in [5, 5.41) is 0. The maximum Gasteiger partial charge on any atom is 0.120 e. The van der Waals surface area contributed by atoms with E-state index in [1.54, 1.807) is 0 Å². The summed E-state index contributed by atoms with van der Waals surface area (Å²) in [6.07, 6.45) is 0.0844. The second kappa shape index (κ2) is 4.98. The Morgan fingerprint density at radius 3 is 2.36 bits per heavy atom. The van der Waals surface area contributed by atoms with Crippen LogP contribution in [0, 0.1) is 13.8 Å². The molecule has 0 bridgehead atoms. The van der Waals surface area contributed by atoms with Crippen molar-refractivity contribution in [3.63, 3.8) is 0 Å². The standard InChI is InChI=1S/C11H18N2O/c1-8-4-9(2)6-11(5-8)14-10(3)7-13-12/h4-6,10,13H,7,12H2,1-3H3. The van der Waals surface area contributed by atoms with Gasteiger partial charge in [-0.1, -0.05) is 6.07 Å². The fourth-order valence-electron chi connectivity index (χ4n) is 1.44. The first kappa shape index (κ1) is 11.0. The second-order valence-corrected chi connectivity index (χ2v) is 3.66. The van der Waals surface area contributed by atoms with Gasteiger partial charge in [0.25, 0.3) is 0 Å². The van der Waals surface area contributed by atoms with Gasteiger partial charge in [-0.25, -0.2) is 0 Å². The molecule has 0 fully saturated rings. The maximum absolute atomic E-state index is 5.67. The number of ether oxygens (including phenoxy) is 1. The lowest BCUT2D eigenvalue weighted by molar-refractivity contribution is 0.217. The van der Waals surface area contributed by atoms with Gasteiger partial charge in [-0.05, 0) is 44.0 Å². The Hall–Kier alpha value is -1.06. The molecule has 0 saturated carbocycles. The Morgan fingerprint density at radius 2 is 1.86 bits per heavy atom. The van der Waals surface area contributed by atoms with Gasteiger partial charge in [-0.15, -0.1) is 0 Å². The lowest BCUT2D eigenvalue weighted by atomic mass is 10.1. The van der Waals surface area contributed by atoms with Gasteiger partial charge >= 0.3 is 0 Å². The molecule has 0 aliphatic rings.